The van der Waals surface area contributed by atoms with Gasteiger partial charge in [-0.2, -0.15) is 0 Å². The van der Waals surface area contributed by atoms with Crippen molar-refractivity contribution in [2.75, 3.05) is 11.9 Å². The predicted molar refractivity (Wildman–Crippen MR) is 100 cm³/mol. The van der Waals surface area contributed by atoms with Gasteiger partial charge in [-0.1, -0.05) is 36.4 Å². The first-order valence-corrected chi connectivity index (χ1v) is 8.34. The molecule has 1 unspecified atom stereocenters. The number of amides is 1. The molecule has 3 N–H and O–H groups in total. The van der Waals surface area contributed by atoms with Gasteiger partial charge in [0.2, 0.25) is 0 Å². The van der Waals surface area contributed by atoms with Crippen molar-refractivity contribution in [1.82, 2.24) is 15.3 Å². The maximum Gasteiger partial charge on any atom is 0.251 e. The molecular weight excluding hydrogens is 328 g/mol. The van der Waals surface area contributed by atoms with Crippen LogP contribution in [0.3, 0.4) is 0 Å². The lowest BCUT2D eigenvalue weighted by Gasteiger charge is -2.12. The standard InChI is InChI=1S/C20H20N4O2/c25-18(11-15-5-2-1-3-6-15)13-23-20(26)16-7-4-8-17(12-16)24-19-14-21-9-10-22-19/h1-10,12,14,18,25H,11,13H2,(H,22,24)(H,23,26). The molecule has 0 aliphatic rings. The third-order valence-electron chi connectivity index (χ3n) is 3.77. The van der Waals surface area contributed by atoms with E-state index in [9.17, 15) is 9.90 Å². The number of carbonyl (C=O) groups excluding carboxylic acids is 1. The Kier molecular flexibility index (Phi) is 5.90. The van der Waals surface area contributed by atoms with Gasteiger partial charge in [0.15, 0.2) is 0 Å². The third kappa shape index (κ3) is 5.12. The van der Waals surface area contributed by atoms with Crippen molar-refractivity contribution in [3.8, 4) is 0 Å². The molecule has 1 amide bonds. The summed E-state index contributed by atoms with van der Waals surface area (Å²) < 4.78 is 0. The van der Waals surface area contributed by atoms with Gasteiger partial charge in [-0.15, -0.1) is 0 Å². The quantitative estimate of drug-likeness (QED) is 0.611. The van der Waals surface area contributed by atoms with Gasteiger partial charge in [0.1, 0.15) is 5.82 Å². The molecular formula is C20H20N4O2. The highest BCUT2D eigenvalue weighted by Gasteiger charge is 2.10. The molecule has 3 aromatic rings. The number of benzene rings is 2. The van der Waals surface area contributed by atoms with E-state index in [1.54, 1.807) is 36.8 Å². The molecule has 1 aromatic heterocycles. The molecule has 6 nitrogen and oxygen atoms in total. The van der Waals surface area contributed by atoms with Crippen molar-refractivity contribution in [1.29, 1.82) is 0 Å². The van der Waals surface area contributed by atoms with Crippen molar-refractivity contribution >= 4 is 17.4 Å². The molecule has 0 bridgehead atoms. The van der Waals surface area contributed by atoms with Crippen molar-refractivity contribution in [3.05, 3.63) is 84.3 Å². The number of aromatic nitrogens is 2. The molecule has 0 spiro atoms. The molecule has 2 aromatic carbocycles. The van der Waals surface area contributed by atoms with E-state index in [4.69, 9.17) is 0 Å². The highest BCUT2D eigenvalue weighted by molar-refractivity contribution is 5.95. The van der Waals surface area contributed by atoms with Crippen molar-refractivity contribution in [3.63, 3.8) is 0 Å². The monoisotopic (exact) mass is 348 g/mol. The Labute approximate surface area is 152 Å². The van der Waals surface area contributed by atoms with Gasteiger partial charge >= 0.3 is 0 Å². The minimum absolute atomic E-state index is 0.190. The number of rotatable bonds is 7. The Hall–Kier alpha value is -3.25. The van der Waals surface area contributed by atoms with Gasteiger partial charge < -0.3 is 15.7 Å². The Morgan fingerprint density at radius 1 is 1.08 bits per heavy atom. The summed E-state index contributed by atoms with van der Waals surface area (Å²) in [6.45, 7) is 0.190. The van der Waals surface area contributed by atoms with Crippen LogP contribution in [0.4, 0.5) is 11.5 Å². The molecule has 132 valence electrons. The summed E-state index contributed by atoms with van der Waals surface area (Å²) in [7, 11) is 0. The van der Waals surface area contributed by atoms with Crippen LogP contribution < -0.4 is 10.6 Å². The number of anilines is 2. The van der Waals surface area contributed by atoms with Gasteiger partial charge in [0.05, 0.1) is 12.3 Å². The van der Waals surface area contributed by atoms with Gasteiger partial charge in [0, 0.05) is 36.6 Å². The smallest absolute Gasteiger partial charge is 0.251 e. The number of carbonyl (C=O) groups is 1. The third-order valence-corrected chi connectivity index (χ3v) is 3.77. The largest absolute Gasteiger partial charge is 0.391 e. The lowest BCUT2D eigenvalue weighted by molar-refractivity contribution is 0.0916. The lowest BCUT2D eigenvalue weighted by Crippen LogP contribution is -2.33. The van der Waals surface area contributed by atoms with Crippen LogP contribution in [-0.2, 0) is 6.42 Å². The van der Waals surface area contributed by atoms with Crippen LogP contribution in [0.15, 0.2) is 73.2 Å². The number of aliphatic hydroxyl groups excluding tert-OH is 1. The molecule has 0 aliphatic carbocycles. The first-order chi connectivity index (χ1) is 12.7. The topological polar surface area (TPSA) is 87.1 Å². The molecule has 0 aliphatic heterocycles. The van der Waals surface area contributed by atoms with Crippen LogP contribution in [0.25, 0.3) is 0 Å². The number of nitrogens with zero attached hydrogens (tertiary/aromatic N) is 2. The average molecular weight is 348 g/mol. The van der Waals surface area contributed by atoms with E-state index < -0.39 is 6.10 Å². The fraction of sp³-hybridized carbons (Fsp3) is 0.150. The van der Waals surface area contributed by atoms with Crippen molar-refractivity contribution < 1.29 is 9.90 Å². The molecule has 0 fully saturated rings. The van der Waals surface area contributed by atoms with Crippen LogP contribution in [-0.4, -0.2) is 33.6 Å². The van der Waals surface area contributed by atoms with Crippen LogP contribution in [0.2, 0.25) is 0 Å². The summed E-state index contributed by atoms with van der Waals surface area (Å²) in [6, 6.07) is 16.8. The fourth-order valence-electron chi connectivity index (χ4n) is 2.52. The molecule has 1 heterocycles. The Bertz CT molecular complexity index is 841. The van der Waals surface area contributed by atoms with E-state index in [1.807, 2.05) is 36.4 Å². The number of hydrogen-bond acceptors (Lipinski definition) is 5. The maximum atomic E-state index is 12.3. The molecule has 26 heavy (non-hydrogen) atoms. The molecule has 0 saturated carbocycles. The molecule has 0 saturated heterocycles. The molecule has 6 heteroatoms. The maximum absolute atomic E-state index is 12.3. The van der Waals surface area contributed by atoms with E-state index >= 15 is 0 Å². The Morgan fingerprint density at radius 2 is 1.92 bits per heavy atom. The van der Waals surface area contributed by atoms with Gasteiger partial charge in [-0.05, 0) is 23.8 Å². The van der Waals surface area contributed by atoms with Gasteiger partial charge in [-0.3, -0.25) is 9.78 Å². The van der Waals surface area contributed by atoms with Crippen molar-refractivity contribution in [2.45, 2.75) is 12.5 Å². The average Bonchev–Trinajstić information content (AvgIpc) is 2.68. The summed E-state index contributed by atoms with van der Waals surface area (Å²) in [4.78, 5) is 20.5. The Morgan fingerprint density at radius 3 is 2.69 bits per heavy atom. The molecule has 0 radical (unpaired) electrons. The first-order valence-electron chi connectivity index (χ1n) is 8.34. The highest BCUT2D eigenvalue weighted by Crippen LogP contribution is 2.15. The van der Waals surface area contributed by atoms with Crippen LogP contribution in [0.1, 0.15) is 15.9 Å². The highest BCUT2D eigenvalue weighted by atomic mass is 16.3. The lowest BCUT2D eigenvalue weighted by atomic mass is 10.1. The van der Waals surface area contributed by atoms with Gasteiger partial charge in [-0.25, -0.2) is 4.98 Å². The zero-order valence-electron chi connectivity index (χ0n) is 14.2. The van der Waals surface area contributed by atoms with Gasteiger partial charge in [0.25, 0.3) is 5.91 Å². The van der Waals surface area contributed by atoms with Crippen LogP contribution in [0, 0.1) is 0 Å². The molecule has 3 rings (SSSR count). The summed E-state index contributed by atoms with van der Waals surface area (Å²) >= 11 is 0. The second-order valence-electron chi connectivity index (χ2n) is 5.85. The summed E-state index contributed by atoms with van der Waals surface area (Å²) in [5.74, 6) is 0.364. The van der Waals surface area contributed by atoms with Crippen molar-refractivity contribution in [2.24, 2.45) is 0 Å². The second-order valence-corrected chi connectivity index (χ2v) is 5.85. The number of nitrogens with one attached hydrogen (secondary N) is 2. The Balaban J connectivity index is 1.55. The minimum atomic E-state index is -0.637. The fourth-order valence-corrected chi connectivity index (χ4v) is 2.52. The number of hydrogen-bond donors (Lipinski definition) is 3. The first kappa shape index (κ1) is 17.6. The normalized spacial score (nSPS) is 11.6. The second kappa shape index (κ2) is 8.73. The minimum Gasteiger partial charge on any atom is -0.391 e. The summed E-state index contributed by atoms with van der Waals surface area (Å²) in [5.41, 5.74) is 2.28. The molecule has 1 atom stereocenters. The van der Waals surface area contributed by atoms with E-state index in [0.717, 1.165) is 11.3 Å². The van der Waals surface area contributed by atoms with E-state index in [1.165, 1.54) is 0 Å². The van der Waals surface area contributed by atoms with Crippen LogP contribution in [0.5, 0.6) is 0 Å². The number of aliphatic hydroxyl groups is 1. The SMILES string of the molecule is O=C(NCC(O)Cc1ccccc1)c1cccc(Nc2cnccn2)c1. The zero-order valence-corrected chi connectivity index (χ0v) is 14.2. The van der Waals surface area contributed by atoms with E-state index in [0.29, 0.717) is 17.8 Å². The zero-order chi connectivity index (χ0) is 18.2. The van der Waals surface area contributed by atoms with E-state index in [2.05, 4.69) is 20.6 Å². The predicted octanol–water partition coefficient (Wildman–Crippen LogP) is 2.55. The van der Waals surface area contributed by atoms with Crippen LogP contribution >= 0.6 is 0 Å². The van der Waals surface area contributed by atoms with E-state index in [-0.39, 0.29) is 12.5 Å². The summed E-state index contributed by atoms with van der Waals surface area (Å²) in [5, 5.41) is 16.0. The summed E-state index contributed by atoms with van der Waals surface area (Å²) in [6.07, 6.45) is 4.65.